The molecule has 0 aliphatic heterocycles. The average Bonchev–Trinajstić information content (AvgIpc) is 2.98. The molecule has 0 amide bonds. The fourth-order valence-electron chi connectivity index (χ4n) is 1.42. The van der Waals surface area contributed by atoms with Crippen molar-refractivity contribution in [2.45, 2.75) is 12.8 Å². The van der Waals surface area contributed by atoms with E-state index in [1.807, 2.05) is 0 Å². The van der Waals surface area contributed by atoms with Gasteiger partial charge in [0.2, 0.25) is 0 Å². The summed E-state index contributed by atoms with van der Waals surface area (Å²) in [6.45, 7) is 1.38. The molecule has 2 rings (SSSR count). The Kier molecular flexibility index (Phi) is 2.37. The number of halogens is 1. The third kappa shape index (κ3) is 1.85. The van der Waals surface area contributed by atoms with Gasteiger partial charge in [-0.3, -0.25) is 0 Å². The van der Waals surface area contributed by atoms with Crippen molar-refractivity contribution >= 4 is 5.82 Å². The predicted octanol–water partition coefficient (Wildman–Crippen LogP) is 1.37. The van der Waals surface area contributed by atoms with Crippen LogP contribution in [0, 0.1) is 11.2 Å². The summed E-state index contributed by atoms with van der Waals surface area (Å²) >= 11 is 0. The van der Waals surface area contributed by atoms with E-state index in [9.17, 15) is 4.39 Å². The van der Waals surface area contributed by atoms with Gasteiger partial charge in [0.05, 0.1) is 0 Å². The summed E-state index contributed by atoms with van der Waals surface area (Å²) in [6.07, 6.45) is 3.84. The minimum atomic E-state index is -0.305. The normalized spacial score (nSPS) is 17.9. The molecule has 1 aromatic rings. The highest BCUT2D eigenvalue weighted by atomic mass is 19.1. The second kappa shape index (κ2) is 3.53. The third-order valence-electron chi connectivity index (χ3n) is 2.78. The van der Waals surface area contributed by atoms with Crippen LogP contribution in [0.4, 0.5) is 10.2 Å². The van der Waals surface area contributed by atoms with E-state index in [0.29, 0.717) is 12.4 Å². The van der Waals surface area contributed by atoms with Gasteiger partial charge in [-0.05, 0) is 36.9 Å². The summed E-state index contributed by atoms with van der Waals surface area (Å²) in [4.78, 5) is 3.92. The Labute approximate surface area is 82.5 Å². The lowest BCUT2D eigenvalue weighted by molar-refractivity contribution is 0.549. The number of anilines is 1. The fourth-order valence-corrected chi connectivity index (χ4v) is 1.42. The molecule has 0 aromatic carbocycles. The fraction of sp³-hybridized carbons (Fsp3) is 0.500. The number of aromatic nitrogens is 1. The maximum atomic E-state index is 13.1. The number of rotatable bonds is 4. The van der Waals surface area contributed by atoms with Crippen LogP contribution in [0.1, 0.15) is 12.8 Å². The van der Waals surface area contributed by atoms with Crippen molar-refractivity contribution < 1.29 is 4.39 Å². The Morgan fingerprint density at radius 2 is 2.36 bits per heavy atom. The van der Waals surface area contributed by atoms with Crippen LogP contribution >= 0.6 is 0 Å². The molecule has 3 N–H and O–H groups in total. The topological polar surface area (TPSA) is 50.9 Å². The van der Waals surface area contributed by atoms with E-state index in [2.05, 4.69) is 10.3 Å². The van der Waals surface area contributed by atoms with Crippen LogP contribution in [0.2, 0.25) is 0 Å². The Balaban J connectivity index is 1.95. The first kappa shape index (κ1) is 9.40. The van der Waals surface area contributed by atoms with Crippen LogP contribution in [0.5, 0.6) is 0 Å². The van der Waals surface area contributed by atoms with Crippen molar-refractivity contribution in [2.24, 2.45) is 11.1 Å². The molecule has 0 saturated heterocycles. The Bertz CT molecular complexity index is 323. The van der Waals surface area contributed by atoms with E-state index in [0.717, 1.165) is 19.4 Å². The summed E-state index contributed by atoms with van der Waals surface area (Å²) in [7, 11) is 0. The molecule has 1 aliphatic rings. The minimum Gasteiger partial charge on any atom is -0.367 e. The van der Waals surface area contributed by atoms with Crippen molar-refractivity contribution in [1.82, 2.24) is 4.98 Å². The molecule has 0 bridgehead atoms. The number of nitrogens with zero attached hydrogens (tertiary/aromatic N) is 1. The molecule has 0 radical (unpaired) electrons. The summed E-state index contributed by atoms with van der Waals surface area (Å²) < 4.78 is 13.1. The predicted molar refractivity (Wildman–Crippen MR) is 53.4 cm³/mol. The molecule has 76 valence electrons. The first-order valence-electron chi connectivity index (χ1n) is 4.80. The standard InChI is InChI=1S/C10H14FN3/c11-8-2-1-5-13-9(8)14-7-10(6-12)3-4-10/h1-2,5H,3-4,6-7,12H2,(H,13,14). The highest BCUT2D eigenvalue weighted by molar-refractivity contribution is 5.36. The van der Waals surface area contributed by atoms with Gasteiger partial charge in [-0.1, -0.05) is 0 Å². The van der Waals surface area contributed by atoms with E-state index in [4.69, 9.17) is 5.73 Å². The monoisotopic (exact) mass is 195 g/mol. The van der Waals surface area contributed by atoms with Crippen molar-refractivity contribution in [3.05, 3.63) is 24.1 Å². The molecule has 3 nitrogen and oxygen atoms in total. The van der Waals surface area contributed by atoms with Gasteiger partial charge in [0.1, 0.15) is 0 Å². The highest BCUT2D eigenvalue weighted by Crippen LogP contribution is 2.44. The van der Waals surface area contributed by atoms with E-state index < -0.39 is 0 Å². The molecule has 1 saturated carbocycles. The SMILES string of the molecule is NCC1(CNc2ncccc2F)CC1. The smallest absolute Gasteiger partial charge is 0.165 e. The maximum Gasteiger partial charge on any atom is 0.165 e. The molecule has 0 atom stereocenters. The molecule has 0 unspecified atom stereocenters. The van der Waals surface area contributed by atoms with Crippen LogP contribution in [0.3, 0.4) is 0 Å². The molecule has 1 heterocycles. The average molecular weight is 195 g/mol. The summed E-state index contributed by atoms with van der Waals surface area (Å²) in [5, 5.41) is 3.00. The molecule has 1 aliphatic carbocycles. The van der Waals surface area contributed by atoms with Gasteiger partial charge in [-0.25, -0.2) is 9.37 Å². The molecule has 1 aromatic heterocycles. The van der Waals surface area contributed by atoms with Gasteiger partial charge in [0.15, 0.2) is 11.6 Å². The van der Waals surface area contributed by atoms with Gasteiger partial charge >= 0.3 is 0 Å². The lowest BCUT2D eigenvalue weighted by atomic mass is 10.1. The number of hydrogen-bond donors (Lipinski definition) is 2. The zero-order valence-electron chi connectivity index (χ0n) is 7.96. The lowest BCUT2D eigenvalue weighted by Crippen LogP contribution is -2.24. The van der Waals surface area contributed by atoms with E-state index in [1.165, 1.54) is 6.07 Å². The number of nitrogens with two attached hydrogens (primary N) is 1. The van der Waals surface area contributed by atoms with Crippen LogP contribution in [-0.4, -0.2) is 18.1 Å². The molecular formula is C10H14FN3. The number of pyridine rings is 1. The van der Waals surface area contributed by atoms with Gasteiger partial charge in [-0.2, -0.15) is 0 Å². The second-order valence-electron chi connectivity index (χ2n) is 3.89. The van der Waals surface area contributed by atoms with Gasteiger partial charge in [-0.15, -0.1) is 0 Å². The maximum absolute atomic E-state index is 13.1. The van der Waals surface area contributed by atoms with Gasteiger partial charge < -0.3 is 11.1 Å². The van der Waals surface area contributed by atoms with Gasteiger partial charge in [0.25, 0.3) is 0 Å². The summed E-state index contributed by atoms with van der Waals surface area (Å²) in [6, 6.07) is 2.98. The summed E-state index contributed by atoms with van der Waals surface area (Å²) in [5.74, 6) is 0.0209. The Morgan fingerprint density at radius 1 is 1.57 bits per heavy atom. The van der Waals surface area contributed by atoms with Crippen molar-refractivity contribution in [3.8, 4) is 0 Å². The zero-order valence-corrected chi connectivity index (χ0v) is 7.96. The quantitative estimate of drug-likeness (QED) is 0.763. The van der Waals surface area contributed by atoms with E-state index in [-0.39, 0.29) is 11.2 Å². The Morgan fingerprint density at radius 3 is 2.93 bits per heavy atom. The van der Waals surface area contributed by atoms with Crippen molar-refractivity contribution in [3.63, 3.8) is 0 Å². The molecule has 1 fully saturated rings. The molecule has 0 spiro atoms. The van der Waals surface area contributed by atoms with E-state index in [1.54, 1.807) is 12.3 Å². The first-order valence-corrected chi connectivity index (χ1v) is 4.80. The third-order valence-corrected chi connectivity index (χ3v) is 2.78. The highest BCUT2D eigenvalue weighted by Gasteiger charge is 2.40. The second-order valence-corrected chi connectivity index (χ2v) is 3.89. The van der Waals surface area contributed by atoms with Crippen LogP contribution < -0.4 is 11.1 Å². The van der Waals surface area contributed by atoms with Gasteiger partial charge in [0, 0.05) is 12.7 Å². The largest absolute Gasteiger partial charge is 0.367 e. The van der Waals surface area contributed by atoms with Crippen LogP contribution in [0.15, 0.2) is 18.3 Å². The number of hydrogen-bond acceptors (Lipinski definition) is 3. The van der Waals surface area contributed by atoms with E-state index >= 15 is 0 Å². The molecule has 4 heteroatoms. The Hall–Kier alpha value is -1.16. The molecule has 14 heavy (non-hydrogen) atoms. The van der Waals surface area contributed by atoms with Crippen LogP contribution in [0.25, 0.3) is 0 Å². The first-order chi connectivity index (χ1) is 6.76. The molecular weight excluding hydrogens is 181 g/mol. The number of nitrogens with one attached hydrogen (secondary N) is 1. The zero-order chi connectivity index (χ0) is 10.0. The van der Waals surface area contributed by atoms with Crippen molar-refractivity contribution in [2.75, 3.05) is 18.4 Å². The summed E-state index contributed by atoms with van der Waals surface area (Å²) in [5.41, 5.74) is 5.82. The lowest BCUT2D eigenvalue weighted by Gasteiger charge is -2.13. The van der Waals surface area contributed by atoms with Crippen molar-refractivity contribution in [1.29, 1.82) is 0 Å². The minimum absolute atomic E-state index is 0.198. The van der Waals surface area contributed by atoms with Crippen LogP contribution in [-0.2, 0) is 0 Å².